The summed E-state index contributed by atoms with van der Waals surface area (Å²) in [6, 6.07) is 11.5. The van der Waals surface area contributed by atoms with E-state index in [0.717, 1.165) is 23.0 Å². The number of amides is 2. The van der Waals surface area contributed by atoms with Gasteiger partial charge in [0.25, 0.3) is 0 Å². The Balaban J connectivity index is 1.59. The number of hydrogen-bond donors (Lipinski definition) is 2. The van der Waals surface area contributed by atoms with Crippen molar-refractivity contribution in [3.8, 4) is 5.00 Å². The number of fused-ring (bicyclic) bond motifs is 1. The minimum absolute atomic E-state index is 0.0667. The second-order valence-corrected chi connectivity index (χ2v) is 8.76. The summed E-state index contributed by atoms with van der Waals surface area (Å²) in [6.07, 6.45) is 8.87. The lowest BCUT2D eigenvalue weighted by molar-refractivity contribution is 0.249. The predicted molar refractivity (Wildman–Crippen MR) is 115 cm³/mol. The topological polar surface area (TPSA) is 46.1 Å². The zero-order valence-electron chi connectivity index (χ0n) is 15.2. The lowest BCUT2D eigenvalue weighted by Gasteiger charge is -2.20. The minimum Gasteiger partial charge on any atom is -0.331 e. The zero-order chi connectivity index (χ0) is 18.8. The van der Waals surface area contributed by atoms with Crippen molar-refractivity contribution in [1.29, 1.82) is 0 Å². The highest BCUT2D eigenvalue weighted by molar-refractivity contribution is 9.10. The van der Waals surface area contributed by atoms with Crippen LogP contribution in [0.5, 0.6) is 0 Å². The Hall–Kier alpha value is -2.05. The lowest BCUT2D eigenvalue weighted by atomic mass is 9.93. The lowest BCUT2D eigenvalue weighted by Crippen LogP contribution is -2.32. The summed E-state index contributed by atoms with van der Waals surface area (Å²) in [5.74, 6) is 0. The number of para-hydroxylation sites is 1. The SMILES string of the molecule is C[C@H](NC(=O)Nc1ccccc1Br)c1c(-n2cccc2)sc2c1CCCC2. The van der Waals surface area contributed by atoms with Crippen molar-refractivity contribution in [3.05, 3.63) is 69.3 Å². The number of aromatic nitrogens is 1. The molecule has 2 aromatic heterocycles. The first-order chi connectivity index (χ1) is 13.1. The van der Waals surface area contributed by atoms with E-state index in [0.29, 0.717) is 0 Å². The van der Waals surface area contributed by atoms with Crippen LogP contribution in [0.25, 0.3) is 5.00 Å². The van der Waals surface area contributed by atoms with Gasteiger partial charge in [-0.3, -0.25) is 0 Å². The number of thiophene rings is 1. The maximum Gasteiger partial charge on any atom is 0.319 e. The molecule has 2 N–H and O–H groups in total. The summed E-state index contributed by atoms with van der Waals surface area (Å²) in [5.41, 5.74) is 3.46. The molecule has 3 aromatic rings. The first kappa shape index (κ1) is 18.3. The maximum atomic E-state index is 12.6. The Labute approximate surface area is 171 Å². The fourth-order valence-electron chi connectivity index (χ4n) is 3.67. The first-order valence-electron chi connectivity index (χ1n) is 9.23. The van der Waals surface area contributed by atoms with Gasteiger partial charge in [0.2, 0.25) is 0 Å². The van der Waals surface area contributed by atoms with Gasteiger partial charge in [-0.2, -0.15) is 0 Å². The Bertz CT molecular complexity index is 948. The second-order valence-electron chi connectivity index (χ2n) is 6.82. The average Bonchev–Trinajstić information content (AvgIpc) is 3.30. The number of nitrogens with one attached hydrogen (secondary N) is 2. The van der Waals surface area contributed by atoms with Crippen LogP contribution in [0.3, 0.4) is 0 Å². The molecule has 4 nitrogen and oxygen atoms in total. The van der Waals surface area contributed by atoms with Gasteiger partial charge in [-0.1, -0.05) is 12.1 Å². The van der Waals surface area contributed by atoms with Gasteiger partial charge in [-0.05, 0) is 78.4 Å². The molecule has 2 heterocycles. The van der Waals surface area contributed by atoms with Crippen molar-refractivity contribution in [1.82, 2.24) is 9.88 Å². The van der Waals surface area contributed by atoms with E-state index in [9.17, 15) is 4.79 Å². The van der Waals surface area contributed by atoms with Gasteiger partial charge in [0.1, 0.15) is 5.00 Å². The van der Waals surface area contributed by atoms with Gasteiger partial charge in [0, 0.05) is 27.3 Å². The smallest absolute Gasteiger partial charge is 0.319 e. The summed E-state index contributed by atoms with van der Waals surface area (Å²) >= 11 is 5.34. The molecule has 0 bridgehead atoms. The van der Waals surface area contributed by atoms with Gasteiger partial charge in [-0.25, -0.2) is 4.79 Å². The number of halogens is 1. The van der Waals surface area contributed by atoms with E-state index in [2.05, 4.69) is 50.4 Å². The standard InChI is InChI=1S/C21H22BrN3OS/c1-14(23-21(26)24-17-10-4-3-9-16(17)22)19-15-8-2-5-11-18(15)27-20(19)25-12-6-7-13-25/h3-4,6-7,9-10,12-14H,2,5,8,11H2,1H3,(H2,23,24,26)/t14-/m0/s1. The molecule has 0 fully saturated rings. The van der Waals surface area contributed by atoms with Crippen molar-refractivity contribution >= 4 is 39.0 Å². The third kappa shape index (κ3) is 3.82. The van der Waals surface area contributed by atoms with Gasteiger partial charge in [0.15, 0.2) is 0 Å². The Morgan fingerprint density at radius 3 is 2.67 bits per heavy atom. The highest BCUT2D eigenvalue weighted by Crippen LogP contribution is 2.40. The molecule has 0 unspecified atom stereocenters. The molecular weight excluding hydrogens is 422 g/mol. The normalized spacial score (nSPS) is 14.4. The van der Waals surface area contributed by atoms with E-state index >= 15 is 0 Å². The van der Waals surface area contributed by atoms with E-state index < -0.39 is 0 Å². The number of rotatable bonds is 4. The van der Waals surface area contributed by atoms with Crippen LogP contribution >= 0.6 is 27.3 Å². The van der Waals surface area contributed by atoms with Crippen LogP contribution in [-0.2, 0) is 12.8 Å². The molecule has 4 rings (SSSR count). The van der Waals surface area contributed by atoms with E-state index in [-0.39, 0.29) is 12.1 Å². The second kappa shape index (κ2) is 7.90. The molecule has 27 heavy (non-hydrogen) atoms. The van der Waals surface area contributed by atoms with Crippen LogP contribution in [0.4, 0.5) is 10.5 Å². The van der Waals surface area contributed by atoms with Gasteiger partial charge in [-0.15, -0.1) is 11.3 Å². The van der Waals surface area contributed by atoms with Crippen LogP contribution < -0.4 is 10.6 Å². The Kier molecular flexibility index (Phi) is 5.36. The van der Waals surface area contributed by atoms with E-state index in [1.807, 2.05) is 47.7 Å². The van der Waals surface area contributed by atoms with Crippen LogP contribution in [0.2, 0.25) is 0 Å². The molecule has 140 valence electrons. The summed E-state index contributed by atoms with van der Waals surface area (Å²) in [5, 5.41) is 7.29. The number of nitrogens with zero attached hydrogens (tertiary/aromatic N) is 1. The minimum atomic E-state index is -0.191. The van der Waals surface area contributed by atoms with Crippen LogP contribution in [-0.4, -0.2) is 10.6 Å². The number of urea groups is 1. The van der Waals surface area contributed by atoms with E-state index in [1.165, 1.54) is 33.8 Å². The van der Waals surface area contributed by atoms with Gasteiger partial charge in [0.05, 0.1) is 11.7 Å². The van der Waals surface area contributed by atoms with Gasteiger partial charge >= 0.3 is 6.03 Å². The molecule has 0 spiro atoms. The van der Waals surface area contributed by atoms with Crippen LogP contribution in [0, 0.1) is 0 Å². The number of carbonyl (C=O) groups is 1. The molecule has 0 radical (unpaired) electrons. The molecule has 1 aliphatic rings. The fraction of sp³-hybridized carbons (Fsp3) is 0.286. The van der Waals surface area contributed by atoms with Crippen molar-refractivity contribution < 1.29 is 4.79 Å². The number of aryl methyl sites for hydroxylation is 1. The summed E-state index contributed by atoms with van der Waals surface area (Å²) in [6.45, 7) is 2.07. The molecule has 0 aliphatic heterocycles. The Morgan fingerprint density at radius 2 is 1.89 bits per heavy atom. The summed E-state index contributed by atoms with van der Waals surface area (Å²) in [7, 11) is 0. The number of hydrogen-bond acceptors (Lipinski definition) is 2. The third-order valence-corrected chi connectivity index (χ3v) is 6.95. The zero-order valence-corrected chi connectivity index (χ0v) is 17.6. The molecule has 1 aliphatic carbocycles. The van der Waals surface area contributed by atoms with E-state index in [1.54, 1.807) is 0 Å². The molecule has 0 saturated heterocycles. The van der Waals surface area contributed by atoms with E-state index in [4.69, 9.17) is 0 Å². The van der Waals surface area contributed by atoms with Crippen LogP contribution in [0.15, 0.2) is 53.3 Å². The first-order valence-corrected chi connectivity index (χ1v) is 10.8. The molecule has 1 aromatic carbocycles. The highest BCUT2D eigenvalue weighted by Gasteiger charge is 2.26. The monoisotopic (exact) mass is 443 g/mol. The molecule has 2 amide bonds. The quantitative estimate of drug-likeness (QED) is 0.505. The van der Waals surface area contributed by atoms with Gasteiger partial charge < -0.3 is 15.2 Å². The number of benzene rings is 1. The third-order valence-electron chi connectivity index (χ3n) is 4.93. The summed E-state index contributed by atoms with van der Waals surface area (Å²) in [4.78, 5) is 14.1. The largest absolute Gasteiger partial charge is 0.331 e. The molecule has 1 atom stereocenters. The number of carbonyl (C=O) groups excluding carboxylic acids is 1. The van der Waals surface area contributed by atoms with Crippen molar-refractivity contribution in [3.63, 3.8) is 0 Å². The molecule has 0 saturated carbocycles. The van der Waals surface area contributed by atoms with Crippen molar-refractivity contribution in [2.45, 2.75) is 38.6 Å². The number of anilines is 1. The fourth-order valence-corrected chi connectivity index (χ4v) is 5.51. The molecular formula is C21H22BrN3OS. The van der Waals surface area contributed by atoms with Crippen molar-refractivity contribution in [2.24, 2.45) is 0 Å². The maximum absolute atomic E-state index is 12.6. The summed E-state index contributed by atoms with van der Waals surface area (Å²) < 4.78 is 3.04. The van der Waals surface area contributed by atoms with Crippen molar-refractivity contribution in [2.75, 3.05) is 5.32 Å². The molecule has 6 heteroatoms. The highest BCUT2D eigenvalue weighted by atomic mass is 79.9. The average molecular weight is 444 g/mol. The Morgan fingerprint density at radius 1 is 1.15 bits per heavy atom. The predicted octanol–water partition coefficient (Wildman–Crippen LogP) is 6.06. The van der Waals surface area contributed by atoms with Crippen LogP contribution in [0.1, 0.15) is 41.8 Å².